The van der Waals surface area contributed by atoms with Crippen molar-refractivity contribution in [3.8, 4) is 0 Å². The zero-order valence-electron chi connectivity index (χ0n) is 9.84. The van der Waals surface area contributed by atoms with Crippen molar-refractivity contribution >= 4 is 17.3 Å². The molecule has 0 atom stereocenters. The highest BCUT2D eigenvalue weighted by atomic mass is 32.1. The van der Waals surface area contributed by atoms with Gasteiger partial charge in [-0.1, -0.05) is 6.07 Å². The molecular weight excluding hydrogens is 232 g/mol. The lowest BCUT2D eigenvalue weighted by molar-refractivity contribution is 0.839. The SMILES string of the molecule is CN(CCc1cccs1)c1ncc(CN)cn1. The van der Waals surface area contributed by atoms with E-state index in [1.165, 1.54) is 4.88 Å². The van der Waals surface area contributed by atoms with Gasteiger partial charge >= 0.3 is 0 Å². The lowest BCUT2D eigenvalue weighted by Crippen LogP contribution is -2.22. The molecule has 4 nitrogen and oxygen atoms in total. The number of likely N-dealkylation sites (N-methyl/N-ethyl adjacent to an activating group) is 1. The fourth-order valence-corrected chi connectivity index (χ4v) is 2.18. The van der Waals surface area contributed by atoms with Crippen LogP contribution in [0.4, 0.5) is 5.95 Å². The van der Waals surface area contributed by atoms with Crippen molar-refractivity contribution < 1.29 is 0 Å². The Kier molecular flexibility index (Phi) is 4.06. The molecule has 0 aromatic carbocycles. The lowest BCUT2D eigenvalue weighted by atomic mass is 10.3. The highest BCUT2D eigenvalue weighted by Gasteiger charge is 2.04. The Morgan fingerprint density at radius 3 is 2.71 bits per heavy atom. The van der Waals surface area contributed by atoms with Gasteiger partial charge in [0.05, 0.1) is 0 Å². The van der Waals surface area contributed by atoms with E-state index in [4.69, 9.17) is 5.73 Å². The molecule has 0 aliphatic heterocycles. The highest BCUT2D eigenvalue weighted by molar-refractivity contribution is 7.09. The van der Waals surface area contributed by atoms with E-state index in [1.807, 2.05) is 7.05 Å². The summed E-state index contributed by atoms with van der Waals surface area (Å²) in [6, 6.07) is 4.23. The molecule has 2 aromatic rings. The van der Waals surface area contributed by atoms with Crippen molar-refractivity contribution in [1.29, 1.82) is 0 Å². The number of nitrogens with two attached hydrogens (primary N) is 1. The second-order valence-corrected chi connectivity index (χ2v) is 4.88. The largest absolute Gasteiger partial charge is 0.344 e. The Labute approximate surface area is 105 Å². The Balaban J connectivity index is 1.92. The van der Waals surface area contributed by atoms with Gasteiger partial charge in [0.15, 0.2) is 0 Å². The predicted molar refractivity (Wildman–Crippen MR) is 71.2 cm³/mol. The van der Waals surface area contributed by atoms with Crippen LogP contribution in [0.1, 0.15) is 10.4 Å². The number of anilines is 1. The van der Waals surface area contributed by atoms with Crippen LogP contribution in [-0.2, 0) is 13.0 Å². The molecule has 2 rings (SSSR count). The van der Waals surface area contributed by atoms with E-state index in [2.05, 4.69) is 32.4 Å². The van der Waals surface area contributed by atoms with Gasteiger partial charge < -0.3 is 10.6 Å². The van der Waals surface area contributed by atoms with E-state index >= 15 is 0 Å². The average Bonchev–Trinajstić information content (AvgIpc) is 2.89. The van der Waals surface area contributed by atoms with E-state index in [0.29, 0.717) is 6.54 Å². The standard InChI is InChI=1S/C12H16N4S/c1-16(5-4-11-3-2-6-17-11)12-14-8-10(7-13)9-15-12/h2-3,6,8-9H,4-5,7,13H2,1H3. The molecule has 0 bridgehead atoms. The van der Waals surface area contributed by atoms with Crippen LogP contribution < -0.4 is 10.6 Å². The quantitative estimate of drug-likeness (QED) is 0.874. The number of nitrogens with zero attached hydrogens (tertiary/aromatic N) is 3. The van der Waals surface area contributed by atoms with Gasteiger partial charge in [0, 0.05) is 43.0 Å². The van der Waals surface area contributed by atoms with Crippen LogP contribution in [0.5, 0.6) is 0 Å². The molecule has 2 aromatic heterocycles. The van der Waals surface area contributed by atoms with E-state index in [1.54, 1.807) is 23.7 Å². The lowest BCUT2D eigenvalue weighted by Gasteiger charge is -2.16. The summed E-state index contributed by atoms with van der Waals surface area (Å²) < 4.78 is 0. The van der Waals surface area contributed by atoms with Gasteiger partial charge in [0.2, 0.25) is 5.95 Å². The van der Waals surface area contributed by atoms with Crippen molar-refractivity contribution in [3.05, 3.63) is 40.3 Å². The second-order valence-electron chi connectivity index (χ2n) is 3.85. The Morgan fingerprint density at radius 1 is 1.35 bits per heavy atom. The van der Waals surface area contributed by atoms with Gasteiger partial charge in [-0.05, 0) is 17.9 Å². The smallest absolute Gasteiger partial charge is 0.225 e. The number of thiophene rings is 1. The van der Waals surface area contributed by atoms with Gasteiger partial charge in [-0.3, -0.25) is 0 Å². The van der Waals surface area contributed by atoms with Crippen LogP contribution in [-0.4, -0.2) is 23.6 Å². The minimum absolute atomic E-state index is 0.485. The van der Waals surface area contributed by atoms with Crippen LogP contribution >= 0.6 is 11.3 Å². The zero-order valence-corrected chi connectivity index (χ0v) is 10.7. The number of aromatic nitrogens is 2. The summed E-state index contributed by atoms with van der Waals surface area (Å²) in [5.41, 5.74) is 6.47. The molecule has 90 valence electrons. The van der Waals surface area contributed by atoms with Crippen LogP contribution in [0.25, 0.3) is 0 Å². The number of hydrogen-bond donors (Lipinski definition) is 1. The molecule has 0 saturated heterocycles. The van der Waals surface area contributed by atoms with Crippen LogP contribution in [0, 0.1) is 0 Å². The second kappa shape index (κ2) is 5.75. The number of rotatable bonds is 5. The first kappa shape index (κ1) is 12.0. The van der Waals surface area contributed by atoms with Gasteiger partial charge in [-0.15, -0.1) is 11.3 Å². The van der Waals surface area contributed by atoms with Gasteiger partial charge in [0.25, 0.3) is 0 Å². The Morgan fingerprint density at radius 2 is 2.12 bits per heavy atom. The van der Waals surface area contributed by atoms with Crippen molar-refractivity contribution in [2.24, 2.45) is 5.73 Å². The normalized spacial score (nSPS) is 10.5. The predicted octanol–water partition coefficient (Wildman–Crippen LogP) is 1.68. The van der Waals surface area contributed by atoms with Crippen molar-refractivity contribution in [2.45, 2.75) is 13.0 Å². The third kappa shape index (κ3) is 3.25. The first-order valence-electron chi connectivity index (χ1n) is 5.54. The van der Waals surface area contributed by atoms with E-state index in [9.17, 15) is 0 Å². The van der Waals surface area contributed by atoms with Crippen LogP contribution in [0.3, 0.4) is 0 Å². The summed E-state index contributed by atoms with van der Waals surface area (Å²) >= 11 is 1.78. The number of hydrogen-bond acceptors (Lipinski definition) is 5. The maximum Gasteiger partial charge on any atom is 0.225 e. The molecule has 0 fully saturated rings. The van der Waals surface area contributed by atoms with Gasteiger partial charge in [0.1, 0.15) is 0 Å². The van der Waals surface area contributed by atoms with E-state index in [-0.39, 0.29) is 0 Å². The minimum atomic E-state index is 0.485. The molecule has 0 amide bonds. The molecule has 2 heterocycles. The van der Waals surface area contributed by atoms with Gasteiger partial charge in [-0.25, -0.2) is 9.97 Å². The maximum absolute atomic E-state index is 5.51. The first-order chi connectivity index (χ1) is 8.29. The van der Waals surface area contributed by atoms with Crippen molar-refractivity contribution in [3.63, 3.8) is 0 Å². The molecule has 0 saturated carbocycles. The molecule has 0 aliphatic carbocycles. The van der Waals surface area contributed by atoms with Crippen molar-refractivity contribution in [2.75, 3.05) is 18.5 Å². The Bertz CT molecular complexity index is 438. The first-order valence-corrected chi connectivity index (χ1v) is 6.42. The van der Waals surface area contributed by atoms with Gasteiger partial charge in [-0.2, -0.15) is 0 Å². The maximum atomic E-state index is 5.51. The summed E-state index contributed by atoms with van der Waals surface area (Å²) in [5.74, 6) is 0.749. The highest BCUT2D eigenvalue weighted by Crippen LogP contribution is 2.11. The fraction of sp³-hybridized carbons (Fsp3) is 0.333. The third-order valence-corrected chi connectivity index (χ3v) is 3.48. The molecule has 0 radical (unpaired) electrons. The topological polar surface area (TPSA) is 55.0 Å². The van der Waals surface area contributed by atoms with Crippen LogP contribution in [0.2, 0.25) is 0 Å². The Hall–Kier alpha value is -1.46. The van der Waals surface area contributed by atoms with Crippen LogP contribution in [0.15, 0.2) is 29.9 Å². The molecular formula is C12H16N4S. The average molecular weight is 248 g/mol. The summed E-state index contributed by atoms with van der Waals surface area (Å²) in [6.45, 7) is 1.40. The fourth-order valence-electron chi connectivity index (χ4n) is 1.48. The molecule has 5 heteroatoms. The molecule has 0 unspecified atom stereocenters. The monoisotopic (exact) mass is 248 g/mol. The van der Waals surface area contributed by atoms with E-state index < -0.39 is 0 Å². The minimum Gasteiger partial charge on any atom is -0.344 e. The molecule has 0 aliphatic rings. The third-order valence-electron chi connectivity index (χ3n) is 2.54. The summed E-state index contributed by atoms with van der Waals surface area (Å²) in [7, 11) is 2.01. The summed E-state index contributed by atoms with van der Waals surface area (Å²) in [6.07, 6.45) is 4.59. The zero-order chi connectivity index (χ0) is 12.1. The molecule has 0 spiro atoms. The van der Waals surface area contributed by atoms with E-state index in [0.717, 1.165) is 24.5 Å². The molecule has 17 heavy (non-hydrogen) atoms. The summed E-state index contributed by atoms with van der Waals surface area (Å²) in [5, 5.41) is 2.10. The molecule has 2 N–H and O–H groups in total. The van der Waals surface area contributed by atoms with Crippen molar-refractivity contribution in [1.82, 2.24) is 9.97 Å². The summed E-state index contributed by atoms with van der Waals surface area (Å²) in [4.78, 5) is 12.0.